The number of hydrogen-bond acceptors (Lipinski definition) is 6. The van der Waals surface area contributed by atoms with Crippen LogP contribution in [0.15, 0.2) is 42.5 Å². The average molecular weight is 477 g/mol. The smallest absolute Gasteiger partial charge is 0.242 e. The fourth-order valence-electron chi connectivity index (χ4n) is 4.18. The third-order valence-corrected chi connectivity index (χ3v) is 8.93. The van der Waals surface area contributed by atoms with Crippen molar-refractivity contribution < 1.29 is 28.2 Å². The van der Waals surface area contributed by atoms with E-state index in [4.69, 9.17) is 15.6 Å². The second-order valence-electron chi connectivity index (χ2n) is 8.61. The highest BCUT2D eigenvalue weighted by atomic mass is 32.2. The molecule has 0 spiro atoms. The molecule has 1 aliphatic rings. The van der Waals surface area contributed by atoms with Crippen LogP contribution >= 0.6 is 0 Å². The first-order valence-electron chi connectivity index (χ1n) is 11.0. The van der Waals surface area contributed by atoms with Crippen LogP contribution in [0.4, 0.5) is 0 Å². The van der Waals surface area contributed by atoms with Gasteiger partial charge in [0, 0.05) is 13.1 Å². The second-order valence-corrected chi connectivity index (χ2v) is 11.0. The summed E-state index contributed by atoms with van der Waals surface area (Å²) in [4.78, 5) is 11.7. The summed E-state index contributed by atoms with van der Waals surface area (Å²) in [5.74, 6) is -0.161. The number of aliphatic hydroxyl groups is 2. The van der Waals surface area contributed by atoms with Crippen molar-refractivity contribution in [1.82, 2.24) is 4.31 Å². The van der Waals surface area contributed by atoms with Crippen molar-refractivity contribution in [3.05, 3.63) is 53.6 Å². The van der Waals surface area contributed by atoms with E-state index < -0.39 is 27.3 Å². The molecule has 8 nitrogen and oxygen atoms in total. The Morgan fingerprint density at radius 2 is 1.88 bits per heavy atom. The van der Waals surface area contributed by atoms with Gasteiger partial charge in [0.1, 0.15) is 12.4 Å². The van der Waals surface area contributed by atoms with Crippen LogP contribution in [0.25, 0.3) is 11.1 Å². The molecule has 33 heavy (non-hydrogen) atoms. The molecular weight excluding hydrogens is 444 g/mol. The minimum atomic E-state index is -4.06. The van der Waals surface area contributed by atoms with Crippen molar-refractivity contribution in [3.63, 3.8) is 0 Å². The topological polar surface area (TPSA) is 130 Å². The Balaban J connectivity index is 1.73. The van der Waals surface area contributed by atoms with E-state index in [0.717, 1.165) is 22.3 Å². The highest BCUT2D eigenvalue weighted by Gasteiger charge is 2.48. The van der Waals surface area contributed by atoms with Crippen LogP contribution in [0.3, 0.4) is 0 Å². The number of rotatable bonds is 9. The van der Waals surface area contributed by atoms with Gasteiger partial charge < -0.3 is 20.7 Å². The van der Waals surface area contributed by atoms with Gasteiger partial charge in [0.15, 0.2) is 4.75 Å². The van der Waals surface area contributed by atoms with Gasteiger partial charge in [0.25, 0.3) is 0 Å². The van der Waals surface area contributed by atoms with E-state index in [-0.39, 0.29) is 32.2 Å². The van der Waals surface area contributed by atoms with Crippen molar-refractivity contribution in [2.24, 2.45) is 5.73 Å². The van der Waals surface area contributed by atoms with Gasteiger partial charge in [-0.15, -0.1) is 0 Å². The van der Waals surface area contributed by atoms with Gasteiger partial charge in [0.2, 0.25) is 15.9 Å². The number of primary amides is 1. The summed E-state index contributed by atoms with van der Waals surface area (Å²) in [5, 5.41) is 18.5. The molecule has 0 aromatic heterocycles. The summed E-state index contributed by atoms with van der Waals surface area (Å²) in [7, 11) is -4.06. The number of sulfonamides is 1. The molecule has 2 aromatic carbocycles. The predicted octanol–water partition coefficient (Wildman–Crippen LogP) is 1.78. The molecule has 2 aromatic rings. The van der Waals surface area contributed by atoms with Gasteiger partial charge >= 0.3 is 0 Å². The molecule has 0 aliphatic carbocycles. The fourth-order valence-corrected chi connectivity index (χ4v) is 5.86. The van der Waals surface area contributed by atoms with Gasteiger partial charge in [0.05, 0.1) is 13.2 Å². The van der Waals surface area contributed by atoms with Gasteiger partial charge in [-0.2, -0.15) is 0 Å². The van der Waals surface area contributed by atoms with E-state index in [0.29, 0.717) is 18.6 Å². The number of aliphatic hydroxyl groups excluding tert-OH is 2. The molecule has 1 saturated heterocycles. The number of nitrogens with zero attached hydrogens (tertiary/aromatic N) is 1. The van der Waals surface area contributed by atoms with Crippen LogP contribution in [0.2, 0.25) is 0 Å². The maximum Gasteiger partial charge on any atom is 0.242 e. The predicted molar refractivity (Wildman–Crippen MR) is 126 cm³/mol. The fraction of sp³-hybridized carbons (Fsp3) is 0.458. The number of nitrogens with two attached hydrogens (primary N) is 1. The van der Waals surface area contributed by atoms with Crippen LogP contribution in [0, 0.1) is 6.92 Å². The number of aryl methyl sites for hydroxylation is 1. The summed E-state index contributed by atoms with van der Waals surface area (Å²) in [6.45, 7) is 3.09. The number of ether oxygens (including phenoxy) is 1. The molecule has 3 rings (SSSR count). The Kier molecular flexibility index (Phi) is 7.79. The summed E-state index contributed by atoms with van der Waals surface area (Å²) in [5.41, 5.74) is 9.62. The SMILES string of the molecule is Cc1cc(C2CCN(S(=O)(=O)C(C)(CO)C(N)=O)CC2)ccc1-c1cccc(OCCO)c1. The zero-order valence-electron chi connectivity index (χ0n) is 19.0. The molecule has 0 bridgehead atoms. The number of carbonyl (C=O) groups excluding carboxylic acids is 1. The van der Waals surface area contributed by atoms with Crippen LogP contribution in [0.5, 0.6) is 5.75 Å². The van der Waals surface area contributed by atoms with E-state index >= 15 is 0 Å². The highest BCUT2D eigenvalue weighted by molar-refractivity contribution is 7.91. The molecule has 0 saturated carbocycles. The van der Waals surface area contributed by atoms with Crippen LogP contribution in [-0.4, -0.2) is 66.5 Å². The van der Waals surface area contributed by atoms with Gasteiger partial charge in [-0.25, -0.2) is 12.7 Å². The first-order chi connectivity index (χ1) is 15.6. The lowest BCUT2D eigenvalue weighted by Gasteiger charge is -2.36. The average Bonchev–Trinajstić information content (AvgIpc) is 2.82. The normalized spacial score (nSPS) is 17.5. The lowest BCUT2D eigenvalue weighted by molar-refractivity contribution is -0.121. The molecule has 180 valence electrons. The Bertz CT molecular complexity index is 1100. The Morgan fingerprint density at radius 1 is 1.18 bits per heavy atom. The van der Waals surface area contributed by atoms with E-state index in [1.54, 1.807) is 0 Å². The van der Waals surface area contributed by atoms with Crippen molar-refractivity contribution in [2.45, 2.75) is 37.4 Å². The van der Waals surface area contributed by atoms with E-state index in [9.17, 15) is 18.3 Å². The quantitative estimate of drug-likeness (QED) is 0.506. The molecule has 1 fully saturated rings. The molecule has 1 amide bonds. The maximum atomic E-state index is 12.9. The van der Waals surface area contributed by atoms with E-state index in [1.807, 2.05) is 31.2 Å². The minimum Gasteiger partial charge on any atom is -0.491 e. The van der Waals surface area contributed by atoms with Crippen LogP contribution < -0.4 is 10.5 Å². The Hall–Kier alpha value is -2.46. The van der Waals surface area contributed by atoms with Crippen molar-refractivity contribution in [3.8, 4) is 16.9 Å². The van der Waals surface area contributed by atoms with E-state index in [1.165, 1.54) is 11.2 Å². The third kappa shape index (κ3) is 5.06. The molecular formula is C24H32N2O6S. The minimum absolute atomic E-state index is 0.0418. The number of hydrogen-bond donors (Lipinski definition) is 3. The standard InChI is InChI=1S/C24H32N2O6S/c1-17-14-19(6-7-22(17)20-4-3-5-21(15-20)32-13-12-27)18-8-10-26(11-9-18)33(30,31)24(2,16-28)23(25)29/h3-7,14-15,18,27-28H,8-13,16H2,1-2H3,(H2,25,29). The zero-order chi connectivity index (χ0) is 24.2. The number of piperidine rings is 1. The van der Waals surface area contributed by atoms with Crippen LogP contribution in [-0.2, 0) is 14.8 Å². The van der Waals surface area contributed by atoms with Gasteiger partial charge in [-0.1, -0.05) is 30.3 Å². The lowest BCUT2D eigenvalue weighted by atomic mass is 9.87. The molecule has 4 N–H and O–H groups in total. The van der Waals surface area contributed by atoms with Crippen molar-refractivity contribution in [2.75, 3.05) is 32.9 Å². The van der Waals surface area contributed by atoms with Gasteiger partial charge in [-0.05, 0) is 67.0 Å². The summed E-state index contributed by atoms with van der Waals surface area (Å²) in [6, 6.07) is 14.0. The van der Waals surface area contributed by atoms with Crippen molar-refractivity contribution >= 4 is 15.9 Å². The van der Waals surface area contributed by atoms with Gasteiger partial charge in [-0.3, -0.25) is 4.79 Å². The molecule has 9 heteroatoms. The molecule has 1 atom stereocenters. The first kappa shape index (κ1) is 25.2. The Labute approximate surface area is 195 Å². The first-order valence-corrected chi connectivity index (χ1v) is 12.4. The molecule has 1 unspecified atom stereocenters. The summed E-state index contributed by atoms with van der Waals surface area (Å²) in [6.07, 6.45) is 1.23. The highest BCUT2D eigenvalue weighted by Crippen LogP contribution is 2.35. The molecule has 0 radical (unpaired) electrons. The second kappa shape index (κ2) is 10.2. The lowest BCUT2D eigenvalue weighted by Crippen LogP contribution is -2.57. The molecule has 1 aliphatic heterocycles. The van der Waals surface area contributed by atoms with Crippen molar-refractivity contribution in [1.29, 1.82) is 0 Å². The third-order valence-electron chi connectivity index (χ3n) is 6.41. The van der Waals surface area contributed by atoms with Crippen LogP contribution in [0.1, 0.15) is 36.8 Å². The van der Waals surface area contributed by atoms with E-state index in [2.05, 4.69) is 18.2 Å². The monoisotopic (exact) mass is 476 g/mol. The number of benzene rings is 2. The summed E-state index contributed by atoms with van der Waals surface area (Å²) >= 11 is 0. The summed E-state index contributed by atoms with van der Waals surface area (Å²) < 4.78 is 30.6. The number of amides is 1. The Morgan fingerprint density at radius 3 is 2.45 bits per heavy atom. The molecule has 1 heterocycles. The zero-order valence-corrected chi connectivity index (χ0v) is 19.8. The largest absolute Gasteiger partial charge is 0.491 e. The maximum absolute atomic E-state index is 12.9. The number of carbonyl (C=O) groups is 1.